The van der Waals surface area contributed by atoms with Gasteiger partial charge >= 0.3 is 5.97 Å². The summed E-state index contributed by atoms with van der Waals surface area (Å²) in [6.07, 6.45) is 2.36. The smallest absolute Gasteiger partial charge is 0.305 e. The van der Waals surface area contributed by atoms with Crippen molar-refractivity contribution in [3.63, 3.8) is 0 Å². The van der Waals surface area contributed by atoms with E-state index in [1.807, 2.05) is 37.3 Å². The quantitative estimate of drug-likeness (QED) is 0.882. The van der Waals surface area contributed by atoms with E-state index < -0.39 is 11.5 Å². The van der Waals surface area contributed by atoms with E-state index in [0.717, 1.165) is 17.0 Å². The first-order valence-corrected chi connectivity index (χ1v) is 8.38. The van der Waals surface area contributed by atoms with E-state index in [9.17, 15) is 9.59 Å². The second-order valence-corrected chi connectivity index (χ2v) is 6.96. The third-order valence-corrected chi connectivity index (χ3v) is 5.41. The molecule has 1 saturated carbocycles. The number of aryl methyl sites for hydroxylation is 1. The average molecular weight is 330 g/mol. The van der Waals surface area contributed by atoms with Gasteiger partial charge in [0.05, 0.1) is 17.7 Å². The lowest BCUT2D eigenvalue weighted by Crippen LogP contribution is -2.54. The summed E-state index contributed by atoms with van der Waals surface area (Å²) in [7, 11) is 0. The number of aromatic nitrogens is 1. The predicted octanol–water partition coefficient (Wildman–Crippen LogP) is 3.25. The molecule has 1 heterocycles. The maximum atomic E-state index is 12.6. The molecule has 0 radical (unpaired) electrons. The number of aliphatic carboxylic acids is 1. The molecule has 0 atom stereocenters. The molecule has 3 rings (SSSR count). The number of hydrogen-bond donors (Lipinski definition) is 2. The van der Waals surface area contributed by atoms with E-state index in [-0.39, 0.29) is 12.3 Å². The Labute approximate surface area is 138 Å². The van der Waals surface area contributed by atoms with Gasteiger partial charge in [-0.05, 0) is 26.2 Å². The zero-order valence-corrected chi connectivity index (χ0v) is 13.7. The molecular formula is C17H18N2O3S. The molecule has 0 bridgehead atoms. The van der Waals surface area contributed by atoms with Crippen molar-refractivity contribution in [3.8, 4) is 10.6 Å². The molecule has 6 heteroatoms. The lowest BCUT2D eigenvalue weighted by Gasteiger charge is -2.41. The molecule has 1 aromatic carbocycles. The number of benzene rings is 1. The van der Waals surface area contributed by atoms with Crippen LogP contribution in [0, 0.1) is 6.92 Å². The Hall–Kier alpha value is -2.21. The standard InChI is InChI=1S/C17H18N2O3S/c1-11-14(23-16(18-11)12-6-3-2-4-7-12)15(22)19-17(8-5-9-17)10-13(20)21/h2-4,6-7H,5,8-10H2,1H3,(H,19,22)(H,20,21). The van der Waals surface area contributed by atoms with Crippen LogP contribution < -0.4 is 5.32 Å². The summed E-state index contributed by atoms with van der Waals surface area (Å²) in [4.78, 5) is 28.6. The number of hydrogen-bond acceptors (Lipinski definition) is 4. The number of carboxylic acids is 1. The van der Waals surface area contributed by atoms with Crippen molar-refractivity contribution >= 4 is 23.2 Å². The number of carbonyl (C=O) groups is 2. The second kappa shape index (κ2) is 6.12. The Morgan fingerprint density at radius 3 is 2.57 bits per heavy atom. The summed E-state index contributed by atoms with van der Waals surface area (Å²) in [6.45, 7) is 1.81. The minimum Gasteiger partial charge on any atom is -0.481 e. The Kier molecular flexibility index (Phi) is 4.17. The number of thiazole rings is 1. The van der Waals surface area contributed by atoms with Crippen LogP contribution >= 0.6 is 11.3 Å². The fourth-order valence-corrected chi connectivity index (χ4v) is 3.81. The number of carbonyl (C=O) groups excluding carboxylic acids is 1. The van der Waals surface area contributed by atoms with Crippen LogP contribution in [0.5, 0.6) is 0 Å². The SMILES string of the molecule is Cc1nc(-c2ccccc2)sc1C(=O)NC1(CC(=O)O)CCC1. The van der Waals surface area contributed by atoms with E-state index in [4.69, 9.17) is 5.11 Å². The van der Waals surface area contributed by atoms with Crippen molar-refractivity contribution in [2.45, 2.75) is 38.1 Å². The lowest BCUT2D eigenvalue weighted by atomic mass is 9.74. The highest BCUT2D eigenvalue weighted by atomic mass is 32.1. The van der Waals surface area contributed by atoms with Gasteiger partial charge in [-0.1, -0.05) is 30.3 Å². The molecule has 1 fully saturated rings. The Bertz CT molecular complexity index is 736. The predicted molar refractivity (Wildman–Crippen MR) is 88.6 cm³/mol. The van der Waals surface area contributed by atoms with Gasteiger partial charge in [0.15, 0.2) is 0 Å². The maximum absolute atomic E-state index is 12.6. The highest BCUT2D eigenvalue weighted by Crippen LogP contribution is 2.36. The molecule has 5 nitrogen and oxygen atoms in total. The van der Waals surface area contributed by atoms with E-state index in [1.54, 1.807) is 0 Å². The maximum Gasteiger partial charge on any atom is 0.305 e. The summed E-state index contributed by atoms with van der Waals surface area (Å²) in [6, 6.07) is 9.71. The molecule has 1 aliphatic rings. The van der Waals surface area contributed by atoms with Crippen LogP contribution in [0.15, 0.2) is 30.3 Å². The monoisotopic (exact) mass is 330 g/mol. The Morgan fingerprint density at radius 2 is 2.00 bits per heavy atom. The molecule has 120 valence electrons. The van der Waals surface area contributed by atoms with Crippen LogP contribution in [0.1, 0.15) is 41.0 Å². The highest BCUT2D eigenvalue weighted by Gasteiger charge is 2.41. The summed E-state index contributed by atoms with van der Waals surface area (Å²) in [5, 5.41) is 12.8. The van der Waals surface area contributed by atoms with Gasteiger partial charge in [0.25, 0.3) is 5.91 Å². The van der Waals surface area contributed by atoms with Gasteiger partial charge in [0.2, 0.25) is 0 Å². The van der Waals surface area contributed by atoms with E-state index >= 15 is 0 Å². The van der Waals surface area contributed by atoms with Crippen LogP contribution in [0.4, 0.5) is 0 Å². The van der Waals surface area contributed by atoms with E-state index in [2.05, 4.69) is 10.3 Å². The molecule has 1 aromatic heterocycles. The van der Waals surface area contributed by atoms with Crippen molar-refractivity contribution in [1.82, 2.24) is 10.3 Å². The van der Waals surface area contributed by atoms with Gasteiger partial charge in [-0.2, -0.15) is 0 Å². The minimum atomic E-state index is -0.879. The van der Waals surface area contributed by atoms with Crippen molar-refractivity contribution in [2.24, 2.45) is 0 Å². The summed E-state index contributed by atoms with van der Waals surface area (Å²) in [5.74, 6) is -1.10. The largest absolute Gasteiger partial charge is 0.481 e. The van der Waals surface area contributed by atoms with Gasteiger partial charge < -0.3 is 10.4 Å². The molecule has 23 heavy (non-hydrogen) atoms. The number of nitrogens with zero attached hydrogens (tertiary/aromatic N) is 1. The van der Waals surface area contributed by atoms with Crippen molar-refractivity contribution < 1.29 is 14.7 Å². The number of carboxylic acid groups (broad SMARTS) is 1. The van der Waals surface area contributed by atoms with Crippen LogP contribution in [0.25, 0.3) is 10.6 Å². The van der Waals surface area contributed by atoms with Gasteiger partial charge in [-0.15, -0.1) is 11.3 Å². The van der Waals surface area contributed by atoms with Gasteiger partial charge in [-0.25, -0.2) is 4.98 Å². The zero-order valence-electron chi connectivity index (χ0n) is 12.8. The third-order valence-electron chi connectivity index (χ3n) is 4.20. The molecule has 0 aliphatic heterocycles. The molecule has 1 amide bonds. The Morgan fingerprint density at radius 1 is 1.30 bits per heavy atom. The molecule has 0 unspecified atom stereocenters. The topological polar surface area (TPSA) is 79.3 Å². The van der Waals surface area contributed by atoms with Crippen molar-refractivity contribution in [2.75, 3.05) is 0 Å². The fraction of sp³-hybridized carbons (Fsp3) is 0.353. The first kappa shape index (κ1) is 15.7. The highest BCUT2D eigenvalue weighted by molar-refractivity contribution is 7.17. The molecule has 2 aromatic rings. The van der Waals surface area contributed by atoms with Crippen LogP contribution in [-0.4, -0.2) is 27.5 Å². The van der Waals surface area contributed by atoms with Gasteiger partial charge in [0.1, 0.15) is 9.88 Å². The van der Waals surface area contributed by atoms with Crippen LogP contribution in [0.3, 0.4) is 0 Å². The number of nitrogens with one attached hydrogen (secondary N) is 1. The molecule has 1 aliphatic carbocycles. The summed E-state index contributed by atoms with van der Waals surface area (Å²) < 4.78 is 0. The van der Waals surface area contributed by atoms with Gasteiger partial charge in [-0.3, -0.25) is 9.59 Å². The number of rotatable bonds is 5. The zero-order chi connectivity index (χ0) is 16.4. The lowest BCUT2D eigenvalue weighted by molar-refractivity contribution is -0.139. The Balaban J connectivity index is 1.80. The van der Waals surface area contributed by atoms with Crippen LogP contribution in [0.2, 0.25) is 0 Å². The summed E-state index contributed by atoms with van der Waals surface area (Å²) in [5.41, 5.74) is 1.06. The van der Waals surface area contributed by atoms with E-state index in [0.29, 0.717) is 23.4 Å². The first-order valence-electron chi connectivity index (χ1n) is 7.56. The van der Waals surface area contributed by atoms with Crippen LogP contribution in [-0.2, 0) is 4.79 Å². The van der Waals surface area contributed by atoms with E-state index in [1.165, 1.54) is 11.3 Å². The number of amides is 1. The average Bonchev–Trinajstić information content (AvgIpc) is 2.87. The molecule has 2 N–H and O–H groups in total. The fourth-order valence-electron chi connectivity index (χ4n) is 2.85. The van der Waals surface area contributed by atoms with Crippen molar-refractivity contribution in [1.29, 1.82) is 0 Å². The second-order valence-electron chi connectivity index (χ2n) is 5.96. The first-order chi connectivity index (χ1) is 11.0. The molecule has 0 saturated heterocycles. The normalized spacial score (nSPS) is 15.7. The third kappa shape index (κ3) is 3.27. The molecular weight excluding hydrogens is 312 g/mol. The minimum absolute atomic E-state index is 0.0257. The summed E-state index contributed by atoms with van der Waals surface area (Å²) >= 11 is 1.34. The molecule has 0 spiro atoms. The van der Waals surface area contributed by atoms with Gasteiger partial charge in [0, 0.05) is 5.56 Å². The van der Waals surface area contributed by atoms with Crippen molar-refractivity contribution in [3.05, 3.63) is 40.9 Å².